The lowest BCUT2D eigenvalue weighted by Gasteiger charge is -2.14. The van der Waals surface area contributed by atoms with Gasteiger partial charge in [-0.15, -0.1) is 0 Å². The third-order valence-corrected chi connectivity index (χ3v) is 4.68. The van der Waals surface area contributed by atoms with Crippen molar-refractivity contribution in [3.8, 4) is 11.3 Å². The van der Waals surface area contributed by atoms with Crippen molar-refractivity contribution in [3.63, 3.8) is 0 Å². The van der Waals surface area contributed by atoms with Gasteiger partial charge in [0.25, 0.3) is 11.8 Å². The van der Waals surface area contributed by atoms with Gasteiger partial charge in [-0.25, -0.2) is 4.90 Å². The largest absolute Gasteiger partial charge is 0.464 e. The molecular formula is C22H13NO3. The number of carbonyl (C=O) groups is 2. The van der Waals surface area contributed by atoms with Crippen LogP contribution >= 0.6 is 0 Å². The van der Waals surface area contributed by atoms with Gasteiger partial charge < -0.3 is 4.42 Å². The number of nitrogens with zero attached hydrogens (tertiary/aromatic N) is 1. The van der Waals surface area contributed by atoms with Crippen LogP contribution < -0.4 is 4.90 Å². The number of hydrogen-bond donors (Lipinski definition) is 0. The molecule has 3 aromatic carbocycles. The second kappa shape index (κ2) is 5.43. The van der Waals surface area contributed by atoms with Crippen LogP contribution in [0.5, 0.6) is 0 Å². The Kier molecular flexibility index (Phi) is 3.06. The lowest BCUT2D eigenvalue weighted by molar-refractivity contribution is 0.0926. The summed E-state index contributed by atoms with van der Waals surface area (Å²) in [6.07, 6.45) is 1.58. The molecule has 0 radical (unpaired) electrons. The molecule has 0 saturated heterocycles. The fourth-order valence-corrected chi connectivity index (χ4v) is 3.39. The van der Waals surface area contributed by atoms with E-state index in [0.29, 0.717) is 22.6 Å². The summed E-state index contributed by atoms with van der Waals surface area (Å²) in [6, 6.07) is 22.3. The predicted octanol–water partition coefficient (Wildman–Crippen LogP) is 4.90. The Hall–Kier alpha value is -3.66. The van der Waals surface area contributed by atoms with Crippen LogP contribution in [0.15, 0.2) is 83.5 Å². The van der Waals surface area contributed by atoms with Crippen LogP contribution in [0.4, 0.5) is 5.69 Å². The number of amides is 2. The molecule has 0 N–H and O–H groups in total. The SMILES string of the molecule is O=C1c2ccc(-c3ccco3)cc2C(=O)N1c1ccc2ccccc2c1. The predicted molar refractivity (Wildman–Crippen MR) is 99.2 cm³/mol. The molecule has 2 amide bonds. The van der Waals surface area contributed by atoms with Crippen LogP contribution in [-0.2, 0) is 0 Å². The first kappa shape index (κ1) is 14.7. The van der Waals surface area contributed by atoms with Gasteiger partial charge in [0.05, 0.1) is 23.1 Å². The molecule has 1 aromatic heterocycles. The molecule has 0 spiro atoms. The normalized spacial score (nSPS) is 13.5. The van der Waals surface area contributed by atoms with E-state index in [1.165, 1.54) is 4.90 Å². The zero-order valence-corrected chi connectivity index (χ0v) is 13.7. The molecule has 5 rings (SSSR count). The van der Waals surface area contributed by atoms with Gasteiger partial charge in [-0.2, -0.15) is 0 Å². The first-order chi connectivity index (χ1) is 12.7. The molecule has 0 bridgehead atoms. The Morgan fingerprint density at radius 3 is 2.31 bits per heavy atom. The molecule has 1 aliphatic heterocycles. The van der Waals surface area contributed by atoms with Crippen LogP contribution in [0.2, 0.25) is 0 Å². The van der Waals surface area contributed by atoms with E-state index < -0.39 is 0 Å². The monoisotopic (exact) mass is 339 g/mol. The summed E-state index contributed by atoms with van der Waals surface area (Å²) >= 11 is 0. The average Bonchev–Trinajstić information content (AvgIpc) is 3.29. The van der Waals surface area contributed by atoms with Crippen LogP contribution in [-0.4, -0.2) is 11.8 Å². The summed E-state index contributed by atoms with van der Waals surface area (Å²) in [4.78, 5) is 27.0. The second-order valence-corrected chi connectivity index (χ2v) is 6.21. The van der Waals surface area contributed by atoms with E-state index in [2.05, 4.69) is 0 Å². The molecular weight excluding hydrogens is 326 g/mol. The van der Waals surface area contributed by atoms with E-state index in [9.17, 15) is 9.59 Å². The van der Waals surface area contributed by atoms with E-state index in [4.69, 9.17) is 4.42 Å². The number of imide groups is 1. The third-order valence-electron chi connectivity index (χ3n) is 4.68. The minimum absolute atomic E-state index is 0.300. The molecule has 4 heteroatoms. The Bertz CT molecular complexity index is 1180. The van der Waals surface area contributed by atoms with Crippen LogP contribution in [0, 0.1) is 0 Å². The van der Waals surface area contributed by atoms with Gasteiger partial charge in [-0.3, -0.25) is 9.59 Å². The smallest absolute Gasteiger partial charge is 0.266 e. The van der Waals surface area contributed by atoms with Crippen molar-refractivity contribution in [1.29, 1.82) is 0 Å². The highest BCUT2D eigenvalue weighted by atomic mass is 16.3. The van der Waals surface area contributed by atoms with Crippen molar-refractivity contribution in [1.82, 2.24) is 0 Å². The van der Waals surface area contributed by atoms with E-state index >= 15 is 0 Å². The first-order valence-electron chi connectivity index (χ1n) is 8.28. The number of benzene rings is 3. The highest BCUT2D eigenvalue weighted by Gasteiger charge is 2.37. The molecule has 124 valence electrons. The summed E-state index contributed by atoms with van der Waals surface area (Å²) in [5, 5.41) is 2.05. The minimum atomic E-state index is -0.311. The maximum atomic E-state index is 12.9. The molecule has 4 aromatic rings. The Labute approximate surface area is 149 Å². The first-order valence-corrected chi connectivity index (χ1v) is 8.28. The van der Waals surface area contributed by atoms with E-state index in [1.807, 2.05) is 42.5 Å². The number of hydrogen-bond acceptors (Lipinski definition) is 3. The Morgan fingerprint density at radius 2 is 1.50 bits per heavy atom. The zero-order chi connectivity index (χ0) is 17.7. The second-order valence-electron chi connectivity index (χ2n) is 6.21. The zero-order valence-electron chi connectivity index (χ0n) is 13.7. The quantitative estimate of drug-likeness (QED) is 0.488. The minimum Gasteiger partial charge on any atom is -0.464 e. The standard InChI is InChI=1S/C22H13NO3/c24-21-18-10-8-16(20-6-3-11-26-20)13-19(18)22(25)23(21)17-9-7-14-4-1-2-5-15(14)12-17/h1-13H. The highest BCUT2D eigenvalue weighted by Crippen LogP contribution is 2.33. The third kappa shape index (κ3) is 2.09. The number of fused-ring (bicyclic) bond motifs is 2. The molecule has 1 aliphatic rings. The van der Waals surface area contributed by atoms with Crippen LogP contribution in [0.1, 0.15) is 20.7 Å². The van der Waals surface area contributed by atoms with E-state index in [-0.39, 0.29) is 11.8 Å². The van der Waals surface area contributed by atoms with Crippen molar-refractivity contribution in [2.45, 2.75) is 0 Å². The fraction of sp³-hybridized carbons (Fsp3) is 0. The van der Waals surface area contributed by atoms with Gasteiger partial charge in [0.1, 0.15) is 5.76 Å². The number of rotatable bonds is 2. The van der Waals surface area contributed by atoms with Gasteiger partial charge in [0.15, 0.2) is 0 Å². The average molecular weight is 339 g/mol. The van der Waals surface area contributed by atoms with Gasteiger partial charge in [0, 0.05) is 5.56 Å². The van der Waals surface area contributed by atoms with E-state index in [0.717, 1.165) is 16.3 Å². The van der Waals surface area contributed by atoms with Crippen LogP contribution in [0.25, 0.3) is 22.1 Å². The van der Waals surface area contributed by atoms with Crippen molar-refractivity contribution < 1.29 is 14.0 Å². The molecule has 0 fully saturated rings. The lowest BCUT2D eigenvalue weighted by atomic mass is 10.0. The van der Waals surface area contributed by atoms with Crippen LogP contribution in [0.3, 0.4) is 0 Å². The van der Waals surface area contributed by atoms with Crippen molar-refractivity contribution in [2.24, 2.45) is 0 Å². The fourth-order valence-electron chi connectivity index (χ4n) is 3.39. The molecule has 26 heavy (non-hydrogen) atoms. The van der Waals surface area contributed by atoms with Gasteiger partial charge in [-0.05, 0) is 47.2 Å². The number of anilines is 1. The molecule has 0 saturated carbocycles. The summed E-state index contributed by atoms with van der Waals surface area (Å²) in [6.45, 7) is 0. The van der Waals surface area contributed by atoms with E-state index in [1.54, 1.807) is 36.6 Å². The highest BCUT2D eigenvalue weighted by molar-refractivity contribution is 6.34. The van der Waals surface area contributed by atoms with Crippen molar-refractivity contribution in [3.05, 3.63) is 90.2 Å². The lowest BCUT2D eigenvalue weighted by Crippen LogP contribution is -2.29. The number of furan rings is 1. The molecule has 0 aliphatic carbocycles. The Balaban J connectivity index is 1.60. The molecule has 4 nitrogen and oxygen atoms in total. The van der Waals surface area contributed by atoms with Gasteiger partial charge >= 0.3 is 0 Å². The maximum absolute atomic E-state index is 12.9. The summed E-state index contributed by atoms with van der Waals surface area (Å²) in [5.74, 6) is 0.0529. The topological polar surface area (TPSA) is 50.5 Å². The Morgan fingerprint density at radius 1 is 0.692 bits per heavy atom. The summed E-state index contributed by atoms with van der Waals surface area (Å²) < 4.78 is 5.39. The molecule has 0 atom stereocenters. The summed E-state index contributed by atoms with van der Waals surface area (Å²) in [5.41, 5.74) is 2.17. The number of carbonyl (C=O) groups excluding carboxylic acids is 2. The molecule has 0 unspecified atom stereocenters. The van der Waals surface area contributed by atoms with Gasteiger partial charge in [0.2, 0.25) is 0 Å². The maximum Gasteiger partial charge on any atom is 0.266 e. The molecule has 2 heterocycles. The van der Waals surface area contributed by atoms with Crippen molar-refractivity contribution in [2.75, 3.05) is 4.90 Å². The van der Waals surface area contributed by atoms with Crippen molar-refractivity contribution >= 4 is 28.3 Å². The van der Waals surface area contributed by atoms with Gasteiger partial charge in [-0.1, -0.05) is 36.4 Å². The summed E-state index contributed by atoms with van der Waals surface area (Å²) in [7, 11) is 0.